The van der Waals surface area contributed by atoms with E-state index in [-0.39, 0.29) is 0 Å². The van der Waals surface area contributed by atoms with E-state index in [2.05, 4.69) is 48.3 Å². The first-order valence-electron chi connectivity index (χ1n) is 8.04. The molecular weight excluding hydrogens is 266 g/mol. The standard InChI is InChI=1S/C16H31N3S/c1-5-19(6-2)12-8-7-10-17-11-9-16-18-15(13-20-16)14(3)4/h13-14,17H,5-12H2,1-4H3. The van der Waals surface area contributed by atoms with Crippen molar-refractivity contribution in [3.63, 3.8) is 0 Å². The van der Waals surface area contributed by atoms with Gasteiger partial charge in [0, 0.05) is 18.3 Å². The molecule has 1 aromatic heterocycles. The number of aromatic nitrogens is 1. The topological polar surface area (TPSA) is 28.2 Å². The van der Waals surface area contributed by atoms with Crippen molar-refractivity contribution in [1.29, 1.82) is 0 Å². The highest BCUT2D eigenvalue weighted by molar-refractivity contribution is 7.09. The van der Waals surface area contributed by atoms with E-state index in [1.165, 1.54) is 43.2 Å². The summed E-state index contributed by atoms with van der Waals surface area (Å²) in [6.07, 6.45) is 3.63. The van der Waals surface area contributed by atoms with E-state index in [1.54, 1.807) is 11.3 Å². The molecule has 0 saturated carbocycles. The molecule has 0 bridgehead atoms. The normalized spacial score (nSPS) is 11.7. The van der Waals surface area contributed by atoms with Crippen LogP contribution in [0.15, 0.2) is 5.38 Å². The van der Waals surface area contributed by atoms with E-state index in [4.69, 9.17) is 0 Å². The molecule has 116 valence electrons. The third-order valence-electron chi connectivity index (χ3n) is 3.65. The first kappa shape index (κ1) is 17.6. The average Bonchev–Trinajstić information content (AvgIpc) is 2.91. The number of hydrogen-bond donors (Lipinski definition) is 1. The van der Waals surface area contributed by atoms with Crippen molar-refractivity contribution >= 4 is 11.3 Å². The minimum absolute atomic E-state index is 0.549. The molecule has 20 heavy (non-hydrogen) atoms. The van der Waals surface area contributed by atoms with Gasteiger partial charge in [-0.2, -0.15) is 0 Å². The zero-order valence-corrected chi connectivity index (χ0v) is 14.4. The number of unbranched alkanes of at least 4 members (excludes halogenated alkanes) is 1. The summed E-state index contributed by atoms with van der Waals surface area (Å²) in [5, 5.41) is 7.00. The Morgan fingerprint density at radius 2 is 1.95 bits per heavy atom. The fourth-order valence-electron chi connectivity index (χ4n) is 2.15. The zero-order chi connectivity index (χ0) is 14.8. The van der Waals surface area contributed by atoms with Crippen molar-refractivity contribution in [2.75, 3.05) is 32.7 Å². The molecule has 0 amide bonds. The summed E-state index contributed by atoms with van der Waals surface area (Å²) in [4.78, 5) is 7.15. The fraction of sp³-hybridized carbons (Fsp3) is 0.812. The molecule has 4 heteroatoms. The van der Waals surface area contributed by atoms with Crippen LogP contribution >= 0.6 is 11.3 Å². The van der Waals surface area contributed by atoms with Crippen molar-refractivity contribution in [1.82, 2.24) is 15.2 Å². The molecule has 1 aromatic rings. The molecule has 1 rings (SSSR count). The maximum atomic E-state index is 4.66. The Kier molecular flexibility index (Phi) is 9.07. The number of thiazole rings is 1. The largest absolute Gasteiger partial charge is 0.316 e. The van der Waals surface area contributed by atoms with Gasteiger partial charge in [-0.1, -0.05) is 27.7 Å². The summed E-state index contributed by atoms with van der Waals surface area (Å²) in [6.45, 7) is 14.6. The average molecular weight is 298 g/mol. The lowest BCUT2D eigenvalue weighted by molar-refractivity contribution is 0.296. The Balaban J connectivity index is 2.01. The van der Waals surface area contributed by atoms with Crippen LogP contribution in [-0.2, 0) is 6.42 Å². The SMILES string of the molecule is CCN(CC)CCCCNCCc1nc(C(C)C)cs1. The second kappa shape index (κ2) is 10.3. The highest BCUT2D eigenvalue weighted by Gasteiger charge is 2.05. The van der Waals surface area contributed by atoms with Crippen LogP contribution in [0.4, 0.5) is 0 Å². The molecule has 0 spiro atoms. The van der Waals surface area contributed by atoms with Gasteiger partial charge in [-0.25, -0.2) is 4.98 Å². The number of nitrogens with zero attached hydrogens (tertiary/aromatic N) is 2. The third-order valence-corrected chi connectivity index (χ3v) is 4.58. The lowest BCUT2D eigenvalue weighted by Crippen LogP contribution is -2.25. The van der Waals surface area contributed by atoms with Crippen molar-refractivity contribution in [3.05, 3.63) is 16.1 Å². The van der Waals surface area contributed by atoms with Crippen LogP contribution in [0.25, 0.3) is 0 Å². The molecule has 0 unspecified atom stereocenters. The maximum absolute atomic E-state index is 4.66. The summed E-state index contributed by atoms with van der Waals surface area (Å²) in [5.74, 6) is 0.549. The van der Waals surface area contributed by atoms with Crippen LogP contribution in [0.2, 0.25) is 0 Å². The van der Waals surface area contributed by atoms with Crippen molar-refractivity contribution in [2.45, 2.75) is 52.9 Å². The Hall–Kier alpha value is -0.450. The van der Waals surface area contributed by atoms with E-state index >= 15 is 0 Å². The minimum atomic E-state index is 0.549. The van der Waals surface area contributed by atoms with E-state index in [0.717, 1.165) is 19.5 Å². The minimum Gasteiger partial charge on any atom is -0.316 e. The van der Waals surface area contributed by atoms with Gasteiger partial charge in [0.1, 0.15) is 0 Å². The second-order valence-corrected chi connectivity index (χ2v) is 6.50. The van der Waals surface area contributed by atoms with E-state index in [9.17, 15) is 0 Å². The number of nitrogens with one attached hydrogen (secondary N) is 1. The summed E-state index contributed by atoms with van der Waals surface area (Å²) in [5.41, 5.74) is 1.24. The van der Waals surface area contributed by atoms with Gasteiger partial charge >= 0.3 is 0 Å². The molecule has 0 fully saturated rings. The van der Waals surface area contributed by atoms with Crippen LogP contribution in [0.5, 0.6) is 0 Å². The van der Waals surface area contributed by atoms with E-state index in [0.29, 0.717) is 5.92 Å². The predicted octanol–water partition coefficient (Wildman–Crippen LogP) is 3.52. The van der Waals surface area contributed by atoms with Crippen LogP contribution in [-0.4, -0.2) is 42.6 Å². The van der Waals surface area contributed by atoms with Gasteiger partial charge in [0.15, 0.2) is 0 Å². The Bertz CT molecular complexity index is 345. The molecule has 0 aromatic carbocycles. The molecule has 1 N–H and O–H groups in total. The van der Waals surface area contributed by atoms with Gasteiger partial charge in [0.25, 0.3) is 0 Å². The monoisotopic (exact) mass is 297 g/mol. The quantitative estimate of drug-likeness (QED) is 0.633. The second-order valence-electron chi connectivity index (χ2n) is 5.55. The van der Waals surface area contributed by atoms with Crippen molar-refractivity contribution < 1.29 is 0 Å². The summed E-state index contributed by atoms with van der Waals surface area (Å²) < 4.78 is 0. The van der Waals surface area contributed by atoms with Gasteiger partial charge in [0.2, 0.25) is 0 Å². The molecule has 0 aliphatic rings. The highest BCUT2D eigenvalue weighted by Crippen LogP contribution is 2.17. The van der Waals surface area contributed by atoms with Crippen molar-refractivity contribution in [3.8, 4) is 0 Å². The molecule has 0 aliphatic carbocycles. The van der Waals surface area contributed by atoms with Crippen LogP contribution < -0.4 is 5.32 Å². The van der Waals surface area contributed by atoms with Gasteiger partial charge in [0.05, 0.1) is 10.7 Å². The molecule has 0 radical (unpaired) electrons. The van der Waals surface area contributed by atoms with Gasteiger partial charge in [-0.05, 0) is 44.9 Å². The van der Waals surface area contributed by atoms with Crippen LogP contribution in [0.3, 0.4) is 0 Å². The molecule has 1 heterocycles. The molecule has 0 saturated heterocycles. The zero-order valence-electron chi connectivity index (χ0n) is 13.6. The molecular formula is C16H31N3S. The Morgan fingerprint density at radius 3 is 2.55 bits per heavy atom. The summed E-state index contributed by atoms with van der Waals surface area (Å²) in [6, 6.07) is 0. The molecule has 0 aliphatic heterocycles. The summed E-state index contributed by atoms with van der Waals surface area (Å²) in [7, 11) is 0. The maximum Gasteiger partial charge on any atom is 0.0941 e. The van der Waals surface area contributed by atoms with E-state index < -0.39 is 0 Å². The Morgan fingerprint density at radius 1 is 1.20 bits per heavy atom. The molecule has 3 nitrogen and oxygen atoms in total. The van der Waals surface area contributed by atoms with Gasteiger partial charge < -0.3 is 10.2 Å². The highest BCUT2D eigenvalue weighted by atomic mass is 32.1. The Labute approximate surface area is 128 Å². The van der Waals surface area contributed by atoms with Gasteiger partial charge in [-0.3, -0.25) is 0 Å². The lowest BCUT2D eigenvalue weighted by atomic mass is 10.2. The predicted molar refractivity (Wildman–Crippen MR) is 89.8 cm³/mol. The summed E-state index contributed by atoms with van der Waals surface area (Å²) >= 11 is 1.80. The van der Waals surface area contributed by atoms with Gasteiger partial charge in [-0.15, -0.1) is 11.3 Å². The van der Waals surface area contributed by atoms with Crippen LogP contribution in [0.1, 0.15) is 57.2 Å². The fourth-order valence-corrected chi connectivity index (χ4v) is 3.11. The lowest BCUT2D eigenvalue weighted by Gasteiger charge is -2.17. The van der Waals surface area contributed by atoms with E-state index in [1.807, 2.05) is 0 Å². The first-order chi connectivity index (χ1) is 9.67. The number of rotatable bonds is 11. The van der Waals surface area contributed by atoms with Crippen LogP contribution in [0, 0.1) is 0 Å². The smallest absolute Gasteiger partial charge is 0.0941 e. The van der Waals surface area contributed by atoms with Crippen molar-refractivity contribution in [2.24, 2.45) is 0 Å². The first-order valence-corrected chi connectivity index (χ1v) is 8.92. The number of hydrogen-bond acceptors (Lipinski definition) is 4. The third kappa shape index (κ3) is 6.82. The molecule has 0 atom stereocenters.